The van der Waals surface area contributed by atoms with Gasteiger partial charge < -0.3 is 10.6 Å². The molecule has 6 heteroatoms. The Morgan fingerprint density at radius 3 is 2.72 bits per heavy atom. The largest absolute Gasteiger partial charge is 0.366 e. The van der Waals surface area contributed by atoms with Gasteiger partial charge in [0.1, 0.15) is 5.82 Å². The van der Waals surface area contributed by atoms with Crippen LogP contribution in [-0.4, -0.2) is 15.9 Å². The van der Waals surface area contributed by atoms with Crippen molar-refractivity contribution in [2.24, 2.45) is 0 Å². The molecule has 0 saturated heterocycles. The lowest BCUT2D eigenvalue weighted by molar-refractivity contribution is 0.102. The van der Waals surface area contributed by atoms with E-state index in [4.69, 9.17) is 0 Å². The molecule has 126 valence electrons. The molecule has 1 amide bonds. The maximum Gasteiger partial charge on any atom is 0.257 e. The molecule has 2 N–H and O–H groups in total. The summed E-state index contributed by atoms with van der Waals surface area (Å²) >= 11 is 3.46. The molecule has 0 saturated carbocycles. The fourth-order valence-electron chi connectivity index (χ4n) is 2.20. The third-order valence-electron chi connectivity index (χ3n) is 3.65. The van der Waals surface area contributed by atoms with Crippen LogP contribution in [0.2, 0.25) is 0 Å². The van der Waals surface area contributed by atoms with Crippen molar-refractivity contribution in [3.05, 3.63) is 82.2 Å². The zero-order chi connectivity index (χ0) is 17.6. The number of anilines is 2. The van der Waals surface area contributed by atoms with Crippen molar-refractivity contribution >= 4 is 33.3 Å². The predicted molar refractivity (Wildman–Crippen MR) is 103 cm³/mol. The van der Waals surface area contributed by atoms with E-state index in [2.05, 4.69) is 36.5 Å². The predicted octanol–water partition coefficient (Wildman–Crippen LogP) is 4.41. The van der Waals surface area contributed by atoms with E-state index in [1.807, 2.05) is 37.3 Å². The first-order valence-electron chi connectivity index (χ1n) is 7.78. The van der Waals surface area contributed by atoms with E-state index in [9.17, 15) is 4.79 Å². The topological polar surface area (TPSA) is 66.9 Å². The number of nitrogens with zero attached hydrogens (tertiary/aromatic N) is 2. The van der Waals surface area contributed by atoms with Crippen molar-refractivity contribution in [2.45, 2.75) is 13.5 Å². The minimum atomic E-state index is -0.193. The standard InChI is InChI=1S/C19H17BrN4O/c1-13-4-6-16(9-17(13)20)24-19(25)15-5-7-18(23-12-15)22-11-14-3-2-8-21-10-14/h2-10,12H,11H2,1H3,(H,22,23)(H,24,25). The molecule has 5 nitrogen and oxygen atoms in total. The summed E-state index contributed by atoms with van der Waals surface area (Å²) in [7, 11) is 0. The minimum absolute atomic E-state index is 0.193. The highest BCUT2D eigenvalue weighted by Crippen LogP contribution is 2.21. The highest BCUT2D eigenvalue weighted by Gasteiger charge is 2.08. The van der Waals surface area contributed by atoms with Crippen molar-refractivity contribution < 1.29 is 4.79 Å². The number of rotatable bonds is 5. The Labute approximate surface area is 154 Å². The van der Waals surface area contributed by atoms with Gasteiger partial charge in [-0.1, -0.05) is 28.1 Å². The van der Waals surface area contributed by atoms with Crippen LogP contribution in [0.4, 0.5) is 11.5 Å². The van der Waals surface area contributed by atoms with E-state index in [1.54, 1.807) is 30.7 Å². The minimum Gasteiger partial charge on any atom is -0.366 e. The summed E-state index contributed by atoms with van der Waals surface area (Å²) in [5, 5.41) is 6.07. The second kappa shape index (κ2) is 7.90. The van der Waals surface area contributed by atoms with E-state index >= 15 is 0 Å². The van der Waals surface area contributed by atoms with Crippen LogP contribution < -0.4 is 10.6 Å². The lowest BCUT2D eigenvalue weighted by atomic mass is 10.2. The van der Waals surface area contributed by atoms with Gasteiger partial charge in [-0.3, -0.25) is 9.78 Å². The normalized spacial score (nSPS) is 10.3. The average molecular weight is 397 g/mol. The molecular formula is C19H17BrN4O. The SMILES string of the molecule is Cc1ccc(NC(=O)c2ccc(NCc3cccnc3)nc2)cc1Br. The summed E-state index contributed by atoms with van der Waals surface area (Å²) in [5.74, 6) is 0.514. The fraction of sp³-hybridized carbons (Fsp3) is 0.105. The first kappa shape index (κ1) is 17.1. The number of carbonyl (C=O) groups is 1. The second-order valence-corrected chi connectivity index (χ2v) is 6.42. The summed E-state index contributed by atoms with van der Waals surface area (Å²) in [6.45, 7) is 2.63. The fourth-order valence-corrected chi connectivity index (χ4v) is 2.58. The van der Waals surface area contributed by atoms with Gasteiger partial charge in [0.05, 0.1) is 5.56 Å². The van der Waals surface area contributed by atoms with Crippen LogP contribution in [0, 0.1) is 6.92 Å². The van der Waals surface area contributed by atoms with Gasteiger partial charge in [-0.25, -0.2) is 4.98 Å². The third kappa shape index (κ3) is 4.64. The molecule has 0 aliphatic heterocycles. The lowest BCUT2D eigenvalue weighted by Crippen LogP contribution is -2.12. The number of hydrogen-bond acceptors (Lipinski definition) is 4. The van der Waals surface area contributed by atoms with Crippen molar-refractivity contribution in [3.8, 4) is 0 Å². The molecule has 0 fully saturated rings. The number of aromatic nitrogens is 2. The van der Waals surface area contributed by atoms with Crippen LogP contribution >= 0.6 is 15.9 Å². The maximum absolute atomic E-state index is 12.3. The molecule has 0 unspecified atom stereocenters. The number of nitrogens with one attached hydrogen (secondary N) is 2. The molecule has 3 aromatic rings. The summed E-state index contributed by atoms with van der Waals surface area (Å²) in [6.07, 6.45) is 5.10. The van der Waals surface area contributed by atoms with Crippen LogP contribution in [0.5, 0.6) is 0 Å². The summed E-state index contributed by atoms with van der Waals surface area (Å²) in [6, 6.07) is 13.1. The highest BCUT2D eigenvalue weighted by molar-refractivity contribution is 9.10. The number of hydrogen-bond donors (Lipinski definition) is 2. The van der Waals surface area contributed by atoms with E-state index in [1.165, 1.54) is 0 Å². The Hall–Kier alpha value is -2.73. The average Bonchev–Trinajstić information content (AvgIpc) is 2.64. The number of aryl methyl sites for hydroxylation is 1. The van der Waals surface area contributed by atoms with Crippen LogP contribution in [0.25, 0.3) is 0 Å². The molecule has 1 aromatic carbocycles. The van der Waals surface area contributed by atoms with E-state index in [-0.39, 0.29) is 5.91 Å². The number of benzene rings is 1. The lowest BCUT2D eigenvalue weighted by Gasteiger charge is -2.08. The summed E-state index contributed by atoms with van der Waals surface area (Å²) in [5.41, 5.74) is 3.42. The molecule has 2 heterocycles. The van der Waals surface area contributed by atoms with Gasteiger partial charge in [0, 0.05) is 35.3 Å². The first-order chi connectivity index (χ1) is 12.1. The van der Waals surface area contributed by atoms with Crippen molar-refractivity contribution in [1.82, 2.24) is 9.97 Å². The van der Waals surface area contributed by atoms with Crippen molar-refractivity contribution in [2.75, 3.05) is 10.6 Å². The number of pyridine rings is 2. The van der Waals surface area contributed by atoms with Crippen molar-refractivity contribution in [3.63, 3.8) is 0 Å². The number of carbonyl (C=O) groups excluding carboxylic acids is 1. The Bertz CT molecular complexity index is 866. The summed E-state index contributed by atoms with van der Waals surface area (Å²) < 4.78 is 0.957. The molecule has 2 aromatic heterocycles. The molecule has 3 rings (SSSR count). The Morgan fingerprint density at radius 2 is 2.04 bits per heavy atom. The van der Waals surface area contributed by atoms with Gasteiger partial charge in [-0.05, 0) is 48.4 Å². The van der Waals surface area contributed by atoms with Gasteiger partial charge in [0.2, 0.25) is 0 Å². The third-order valence-corrected chi connectivity index (χ3v) is 4.51. The van der Waals surface area contributed by atoms with Crippen molar-refractivity contribution in [1.29, 1.82) is 0 Å². The zero-order valence-electron chi connectivity index (χ0n) is 13.7. The monoisotopic (exact) mass is 396 g/mol. The van der Waals surface area contributed by atoms with Gasteiger partial charge in [0.15, 0.2) is 0 Å². The number of amides is 1. The zero-order valence-corrected chi connectivity index (χ0v) is 15.2. The van der Waals surface area contributed by atoms with Gasteiger partial charge in [-0.2, -0.15) is 0 Å². The van der Waals surface area contributed by atoms with Gasteiger partial charge >= 0.3 is 0 Å². The molecule has 0 aliphatic rings. The first-order valence-corrected chi connectivity index (χ1v) is 8.57. The quantitative estimate of drug-likeness (QED) is 0.669. The molecule has 0 aliphatic carbocycles. The maximum atomic E-state index is 12.3. The molecule has 25 heavy (non-hydrogen) atoms. The van der Waals surface area contributed by atoms with E-state index in [0.717, 1.165) is 21.3 Å². The molecule has 0 spiro atoms. The smallest absolute Gasteiger partial charge is 0.257 e. The van der Waals surface area contributed by atoms with Gasteiger partial charge in [-0.15, -0.1) is 0 Å². The van der Waals surface area contributed by atoms with E-state index < -0.39 is 0 Å². The highest BCUT2D eigenvalue weighted by atomic mass is 79.9. The molecular weight excluding hydrogens is 380 g/mol. The summed E-state index contributed by atoms with van der Waals surface area (Å²) in [4.78, 5) is 20.7. The van der Waals surface area contributed by atoms with Crippen LogP contribution in [0.1, 0.15) is 21.5 Å². The van der Waals surface area contributed by atoms with Crippen LogP contribution in [-0.2, 0) is 6.54 Å². The van der Waals surface area contributed by atoms with Crippen LogP contribution in [0.15, 0.2) is 65.5 Å². The molecule has 0 atom stereocenters. The van der Waals surface area contributed by atoms with Crippen LogP contribution in [0.3, 0.4) is 0 Å². The second-order valence-electron chi connectivity index (χ2n) is 5.57. The Balaban J connectivity index is 1.61. The van der Waals surface area contributed by atoms with Gasteiger partial charge in [0.25, 0.3) is 5.91 Å². The Kier molecular flexibility index (Phi) is 5.40. The molecule has 0 bridgehead atoms. The van der Waals surface area contributed by atoms with E-state index in [0.29, 0.717) is 17.9 Å². The Morgan fingerprint density at radius 1 is 1.16 bits per heavy atom. The molecule has 0 radical (unpaired) electrons. The number of halogens is 1.